The lowest BCUT2D eigenvalue weighted by atomic mass is 10.2. The van der Waals surface area contributed by atoms with Crippen LogP contribution in [0.3, 0.4) is 0 Å². The lowest BCUT2D eigenvalue weighted by Gasteiger charge is -2.18. The maximum Gasteiger partial charge on any atom is 0.208 e. The van der Waals surface area contributed by atoms with Crippen molar-refractivity contribution >= 4 is 31.2 Å². The van der Waals surface area contributed by atoms with Gasteiger partial charge >= 0.3 is 0 Å². The van der Waals surface area contributed by atoms with Gasteiger partial charge in [-0.3, -0.25) is 0 Å². The highest BCUT2D eigenvalue weighted by Gasteiger charge is 2.31. The lowest BCUT2D eigenvalue weighted by molar-refractivity contribution is 0.572. The van der Waals surface area contributed by atoms with Crippen molar-refractivity contribution in [1.29, 1.82) is 0 Å². The normalized spacial score (nSPS) is 13.9. The maximum atomic E-state index is 13.1. The van der Waals surface area contributed by atoms with Gasteiger partial charge in [-0.15, -0.1) is 11.3 Å². The number of hydrogen-bond donors (Lipinski definition) is 1. The predicted octanol–water partition coefficient (Wildman–Crippen LogP) is 2.43. The minimum atomic E-state index is -3.72. The summed E-state index contributed by atoms with van der Waals surface area (Å²) >= 11 is 1.30. The zero-order valence-electron chi connectivity index (χ0n) is 13.1. The molecule has 2 rings (SSSR count). The van der Waals surface area contributed by atoms with E-state index in [0.717, 1.165) is 11.8 Å². The van der Waals surface area contributed by atoms with E-state index in [1.807, 2.05) is 13.0 Å². The smallest absolute Gasteiger partial charge is 0.208 e. The molecule has 5 nitrogen and oxygen atoms in total. The number of nitrogens with one attached hydrogen (secondary N) is 1. The third-order valence-corrected chi connectivity index (χ3v) is 7.47. The summed E-state index contributed by atoms with van der Waals surface area (Å²) in [4.78, 5) is 0.855. The van der Waals surface area contributed by atoms with Crippen LogP contribution in [0.5, 0.6) is 0 Å². The van der Waals surface area contributed by atoms with E-state index in [9.17, 15) is 16.8 Å². The molecule has 0 aliphatic rings. The molecule has 23 heavy (non-hydrogen) atoms. The molecule has 1 atom stereocenters. The van der Waals surface area contributed by atoms with Crippen molar-refractivity contribution in [3.8, 4) is 0 Å². The monoisotopic (exact) mass is 373 g/mol. The highest BCUT2D eigenvalue weighted by molar-refractivity contribution is 7.92. The molecular weight excluding hydrogens is 354 g/mol. The number of benzene rings is 1. The van der Waals surface area contributed by atoms with E-state index in [1.165, 1.54) is 11.3 Å². The van der Waals surface area contributed by atoms with Crippen LogP contribution in [0, 0.1) is 13.8 Å². The molecule has 0 aliphatic heterocycles. The fraction of sp³-hybridized carbons (Fsp3) is 0.333. The molecule has 0 saturated carbocycles. The van der Waals surface area contributed by atoms with E-state index in [4.69, 9.17) is 0 Å². The second kappa shape index (κ2) is 6.72. The summed E-state index contributed by atoms with van der Waals surface area (Å²) < 4.78 is 51.3. The highest BCUT2D eigenvalue weighted by Crippen LogP contribution is 2.33. The molecule has 0 saturated heterocycles. The Balaban J connectivity index is 2.51. The molecule has 1 aromatic carbocycles. The van der Waals surface area contributed by atoms with E-state index in [-0.39, 0.29) is 11.4 Å². The molecule has 1 heterocycles. The first-order chi connectivity index (χ1) is 10.6. The van der Waals surface area contributed by atoms with Crippen molar-refractivity contribution in [1.82, 2.24) is 4.72 Å². The van der Waals surface area contributed by atoms with Crippen LogP contribution < -0.4 is 4.72 Å². The van der Waals surface area contributed by atoms with Crippen LogP contribution in [0.15, 0.2) is 40.6 Å². The van der Waals surface area contributed by atoms with Gasteiger partial charge in [-0.1, -0.05) is 18.2 Å². The second-order valence-electron chi connectivity index (χ2n) is 5.44. The third-order valence-electron chi connectivity index (χ3n) is 3.42. The Morgan fingerprint density at radius 3 is 2.39 bits per heavy atom. The zero-order valence-corrected chi connectivity index (χ0v) is 15.6. The first kappa shape index (κ1) is 18.1. The van der Waals surface area contributed by atoms with Gasteiger partial charge in [0, 0.05) is 11.4 Å². The van der Waals surface area contributed by atoms with Gasteiger partial charge in [0.25, 0.3) is 0 Å². The van der Waals surface area contributed by atoms with Crippen molar-refractivity contribution in [2.75, 3.05) is 12.8 Å². The van der Waals surface area contributed by atoms with E-state index in [0.29, 0.717) is 10.4 Å². The van der Waals surface area contributed by atoms with E-state index < -0.39 is 25.1 Å². The molecule has 0 unspecified atom stereocenters. The molecule has 0 aliphatic carbocycles. The number of hydrogen-bond acceptors (Lipinski definition) is 5. The summed E-state index contributed by atoms with van der Waals surface area (Å²) in [6.45, 7) is 3.38. The van der Waals surface area contributed by atoms with Crippen molar-refractivity contribution in [3.63, 3.8) is 0 Å². The summed E-state index contributed by atoms with van der Waals surface area (Å²) in [5.41, 5.74) is 1.49. The van der Waals surface area contributed by atoms with E-state index in [2.05, 4.69) is 4.72 Å². The molecule has 1 N–H and O–H groups in total. The lowest BCUT2D eigenvalue weighted by Crippen LogP contribution is -2.31. The van der Waals surface area contributed by atoms with Crippen LogP contribution in [0.4, 0.5) is 0 Å². The SMILES string of the molecule is Cc1ccc(C)c(S(=O)(=O)[C@H](CNS(C)(=O)=O)c2cccs2)c1. The van der Waals surface area contributed by atoms with Crippen molar-refractivity contribution < 1.29 is 16.8 Å². The topological polar surface area (TPSA) is 80.3 Å². The minimum Gasteiger partial charge on any atom is -0.223 e. The zero-order chi connectivity index (χ0) is 17.3. The molecule has 0 amide bonds. The molecular formula is C15H19NO4S3. The van der Waals surface area contributed by atoms with Crippen LogP contribution >= 0.6 is 11.3 Å². The number of sulfonamides is 1. The highest BCUT2D eigenvalue weighted by atomic mass is 32.2. The van der Waals surface area contributed by atoms with Gasteiger partial charge in [-0.25, -0.2) is 21.6 Å². The average molecular weight is 374 g/mol. The number of rotatable bonds is 6. The van der Waals surface area contributed by atoms with Gasteiger partial charge in [-0.05, 0) is 42.5 Å². The third kappa shape index (κ3) is 4.41. The fourth-order valence-corrected chi connectivity index (χ4v) is 5.92. The van der Waals surface area contributed by atoms with Crippen LogP contribution in [-0.2, 0) is 19.9 Å². The molecule has 0 radical (unpaired) electrons. The van der Waals surface area contributed by atoms with E-state index >= 15 is 0 Å². The van der Waals surface area contributed by atoms with Gasteiger partial charge in [0.15, 0.2) is 9.84 Å². The van der Waals surface area contributed by atoms with Gasteiger partial charge in [-0.2, -0.15) is 0 Å². The van der Waals surface area contributed by atoms with Gasteiger partial charge in [0.1, 0.15) is 5.25 Å². The quantitative estimate of drug-likeness (QED) is 0.843. The number of sulfone groups is 1. The Hall–Kier alpha value is -1.22. The van der Waals surface area contributed by atoms with Gasteiger partial charge in [0.2, 0.25) is 10.0 Å². The average Bonchev–Trinajstić information content (AvgIpc) is 2.94. The first-order valence-corrected chi connectivity index (χ1v) is 11.2. The molecule has 1 aromatic heterocycles. The Morgan fingerprint density at radius 2 is 1.83 bits per heavy atom. The molecule has 2 aromatic rings. The summed E-state index contributed by atoms with van der Waals surface area (Å²) in [7, 11) is -7.20. The minimum absolute atomic E-state index is 0.185. The molecule has 0 bridgehead atoms. The van der Waals surface area contributed by atoms with Crippen LogP contribution in [-0.4, -0.2) is 29.6 Å². The number of thiophene rings is 1. The summed E-state index contributed by atoms with van der Waals surface area (Å²) in [5.74, 6) is 0. The molecule has 8 heteroatoms. The standard InChI is InChI=1S/C15H19NO4S3/c1-11-6-7-12(2)14(9-11)23(19,20)15(10-16-22(3,17)18)13-5-4-8-21-13/h4-9,15-16H,10H2,1-3H3/t15-/m1/s1. The maximum absolute atomic E-state index is 13.1. The number of aryl methyl sites for hydroxylation is 2. The summed E-state index contributed by atoms with van der Waals surface area (Å²) in [6.07, 6.45) is 1.02. The van der Waals surface area contributed by atoms with Crippen molar-refractivity contribution in [2.45, 2.75) is 24.0 Å². The molecule has 0 spiro atoms. The predicted molar refractivity (Wildman–Crippen MR) is 93.0 cm³/mol. The Kier molecular flexibility index (Phi) is 5.30. The van der Waals surface area contributed by atoms with Crippen LogP contribution in [0.25, 0.3) is 0 Å². The van der Waals surface area contributed by atoms with Crippen molar-refractivity contribution in [3.05, 3.63) is 51.7 Å². The molecule has 126 valence electrons. The van der Waals surface area contributed by atoms with Gasteiger partial charge < -0.3 is 0 Å². The summed E-state index contributed by atoms with van der Waals surface area (Å²) in [6, 6.07) is 8.71. The second-order valence-corrected chi connectivity index (χ2v) is 10.3. The van der Waals surface area contributed by atoms with Gasteiger partial charge in [0.05, 0.1) is 11.2 Å². The largest absolute Gasteiger partial charge is 0.223 e. The Labute approximate surface area is 141 Å². The first-order valence-electron chi connectivity index (χ1n) is 6.90. The fourth-order valence-electron chi connectivity index (χ4n) is 2.23. The molecule has 0 fully saturated rings. The van der Waals surface area contributed by atoms with Crippen LogP contribution in [0.2, 0.25) is 0 Å². The van der Waals surface area contributed by atoms with Crippen LogP contribution in [0.1, 0.15) is 21.3 Å². The van der Waals surface area contributed by atoms with Crippen molar-refractivity contribution in [2.24, 2.45) is 0 Å². The Bertz CT molecular complexity index is 885. The van der Waals surface area contributed by atoms with E-state index in [1.54, 1.807) is 36.6 Å². The summed E-state index contributed by atoms with van der Waals surface area (Å²) in [5, 5.41) is 0.833. The Morgan fingerprint density at radius 1 is 1.13 bits per heavy atom.